The van der Waals surface area contributed by atoms with Gasteiger partial charge in [0.05, 0.1) is 6.10 Å². The second-order valence-corrected chi connectivity index (χ2v) is 3.54. The Labute approximate surface area is 84.4 Å². The number of aryl methyl sites for hydroxylation is 1. The van der Waals surface area contributed by atoms with Gasteiger partial charge in [0, 0.05) is 5.02 Å². The summed E-state index contributed by atoms with van der Waals surface area (Å²) in [6.45, 7) is 4.02. The molecular weight excluding hydrogens is 184 g/mol. The van der Waals surface area contributed by atoms with E-state index in [1.807, 2.05) is 25.1 Å². The van der Waals surface area contributed by atoms with Crippen molar-refractivity contribution in [2.75, 3.05) is 0 Å². The largest absolute Gasteiger partial charge is 0.388 e. The van der Waals surface area contributed by atoms with Gasteiger partial charge in [-0.2, -0.15) is 0 Å². The summed E-state index contributed by atoms with van der Waals surface area (Å²) in [5, 5.41) is 10.4. The Kier molecular flexibility index (Phi) is 3.76. The van der Waals surface area contributed by atoms with Crippen LogP contribution in [0.5, 0.6) is 0 Å². The van der Waals surface area contributed by atoms with Crippen LogP contribution < -0.4 is 0 Å². The molecule has 0 aromatic heterocycles. The van der Waals surface area contributed by atoms with E-state index in [2.05, 4.69) is 6.92 Å². The average molecular weight is 199 g/mol. The normalized spacial score (nSPS) is 12.9. The molecule has 1 atom stereocenters. The zero-order valence-electron chi connectivity index (χ0n) is 8.05. The molecule has 0 radical (unpaired) electrons. The summed E-state index contributed by atoms with van der Waals surface area (Å²) in [4.78, 5) is 0. The van der Waals surface area contributed by atoms with Gasteiger partial charge in [0.25, 0.3) is 0 Å². The summed E-state index contributed by atoms with van der Waals surface area (Å²) < 4.78 is 0. The fourth-order valence-corrected chi connectivity index (χ4v) is 1.56. The van der Waals surface area contributed by atoms with Crippen LogP contribution >= 0.6 is 11.6 Å². The molecule has 0 spiro atoms. The highest BCUT2D eigenvalue weighted by Crippen LogP contribution is 2.23. The van der Waals surface area contributed by atoms with Crippen molar-refractivity contribution in [1.82, 2.24) is 0 Å². The van der Waals surface area contributed by atoms with Crippen LogP contribution in [0.25, 0.3) is 0 Å². The second-order valence-electron chi connectivity index (χ2n) is 3.13. The fraction of sp³-hybridized carbons (Fsp3) is 0.455. The van der Waals surface area contributed by atoms with Gasteiger partial charge in [-0.05, 0) is 30.0 Å². The van der Waals surface area contributed by atoms with E-state index >= 15 is 0 Å². The number of rotatable bonds is 3. The molecule has 1 unspecified atom stereocenters. The molecule has 0 aliphatic carbocycles. The molecule has 2 heteroatoms. The van der Waals surface area contributed by atoms with Crippen LogP contribution in [0, 0.1) is 0 Å². The summed E-state index contributed by atoms with van der Waals surface area (Å²) in [5.74, 6) is 0. The van der Waals surface area contributed by atoms with E-state index in [9.17, 15) is 5.11 Å². The molecule has 0 bridgehead atoms. The lowest BCUT2D eigenvalue weighted by Crippen LogP contribution is -1.96. The zero-order valence-corrected chi connectivity index (χ0v) is 8.80. The Morgan fingerprint density at radius 3 is 2.62 bits per heavy atom. The minimum atomic E-state index is -0.359. The number of benzene rings is 1. The molecule has 1 aromatic carbocycles. The highest BCUT2D eigenvalue weighted by molar-refractivity contribution is 6.31. The van der Waals surface area contributed by atoms with Crippen molar-refractivity contribution >= 4 is 11.6 Å². The molecule has 1 aromatic rings. The summed E-state index contributed by atoms with van der Waals surface area (Å²) in [6.07, 6.45) is 1.29. The van der Waals surface area contributed by atoms with Crippen LogP contribution in [0.2, 0.25) is 5.02 Å². The summed E-state index contributed by atoms with van der Waals surface area (Å²) in [7, 11) is 0. The molecule has 0 fully saturated rings. The Bertz CT molecular complexity index is 283. The van der Waals surface area contributed by atoms with Gasteiger partial charge < -0.3 is 5.11 Å². The lowest BCUT2D eigenvalue weighted by molar-refractivity contribution is 0.173. The average Bonchev–Trinajstić information content (AvgIpc) is 2.17. The molecule has 72 valence electrons. The topological polar surface area (TPSA) is 20.2 Å². The number of aliphatic hydroxyl groups is 1. The Morgan fingerprint density at radius 2 is 2.08 bits per heavy atom. The Balaban J connectivity index is 2.99. The van der Waals surface area contributed by atoms with Crippen molar-refractivity contribution in [2.24, 2.45) is 0 Å². The van der Waals surface area contributed by atoms with Crippen molar-refractivity contribution < 1.29 is 5.11 Å². The van der Waals surface area contributed by atoms with E-state index in [0.29, 0.717) is 0 Å². The Hall–Kier alpha value is -0.530. The summed E-state index contributed by atoms with van der Waals surface area (Å²) in [6, 6.07) is 5.72. The van der Waals surface area contributed by atoms with Crippen LogP contribution in [0.3, 0.4) is 0 Å². The van der Waals surface area contributed by atoms with Crippen LogP contribution in [0.4, 0.5) is 0 Å². The van der Waals surface area contributed by atoms with Gasteiger partial charge in [0.1, 0.15) is 0 Å². The van der Waals surface area contributed by atoms with Gasteiger partial charge in [0.2, 0.25) is 0 Å². The summed E-state index contributed by atoms with van der Waals surface area (Å²) in [5.41, 5.74) is 2.07. The monoisotopic (exact) mass is 198 g/mol. The van der Waals surface area contributed by atoms with Gasteiger partial charge in [-0.1, -0.05) is 37.6 Å². The van der Waals surface area contributed by atoms with Gasteiger partial charge in [0.15, 0.2) is 0 Å². The second kappa shape index (κ2) is 4.64. The van der Waals surface area contributed by atoms with Gasteiger partial charge in [-0.3, -0.25) is 0 Å². The van der Waals surface area contributed by atoms with Crippen molar-refractivity contribution in [3.8, 4) is 0 Å². The smallest absolute Gasteiger partial charge is 0.0787 e. The van der Waals surface area contributed by atoms with E-state index in [1.165, 1.54) is 0 Å². The molecule has 0 saturated carbocycles. The first-order chi connectivity index (χ1) is 6.19. The molecule has 1 rings (SSSR count). The lowest BCUT2D eigenvalue weighted by Gasteiger charge is -2.10. The summed E-state index contributed by atoms with van der Waals surface area (Å²) >= 11 is 5.96. The molecule has 13 heavy (non-hydrogen) atoms. The number of halogens is 1. The quantitative estimate of drug-likeness (QED) is 0.790. The molecule has 0 amide bonds. The maximum atomic E-state index is 9.60. The van der Waals surface area contributed by atoms with E-state index in [-0.39, 0.29) is 6.10 Å². The van der Waals surface area contributed by atoms with Crippen molar-refractivity contribution in [1.29, 1.82) is 0 Å². The molecule has 1 N–H and O–H groups in total. The third kappa shape index (κ3) is 2.45. The first-order valence-electron chi connectivity index (χ1n) is 4.65. The number of aliphatic hydroxyl groups excluding tert-OH is 1. The van der Waals surface area contributed by atoms with Crippen molar-refractivity contribution in [3.63, 3.8) is 0 Å². The first kappa shape index (κ1) is 10.6. The highest BCUT2D eigenvalue weighted by Gasteiger charge is 2.06. The van der Waals surface area contributed by atoms with E-state index in [0.717, 1.165) is 29.0 Å². The van der Waals surface area contributed by atoms with E-state index in [1.54, 1.807) is 0 Å². The minimum absolute atomic E-state index is 0.359. The standard InChI is InChI=1S/C11H15ClO/c1-3-8-7-9(11(13)4-2)5-6-10(8)12/h5-7,11,13H,3-4H2,1-2H3. The third-order valence-electron chi connectivity index (χ3n) is 2.22. The Morgan fingerprint density at radius 1 is 1.38 bits per heavy atom. The maximum absolute atomic E-state index is 9.60. The highest BCUT2D eigenvalue weighted by atomic mass is 35.5. The molecular formula is C11H15ClO. The van der Waals surface area contributed by atoms with Gasteiger partial charge in [-0.25, -0.2) is 0 Å². The minimum Gasteiger partial charge on any atom is -0.388 e. The van der Waals surface area contributed by atoms with Crippen LogP contribution in [-0.4, -0.2) is 5.11 Å². The number of hydrogen-bond donors (Lipinski definition) is 1. The van der Waals surface area contributed by atoms with Crippen LogP contribution in [0.15, 0.2) is 18.2 Å². The van der Waals surface area contributed by atoms with Crippen molar-refractivity contribution in [3.05, 3.63) is 34.3 Å². The fourth-order valence-electron chi connectivity index (χ4n) is 1.31. The number of hydrogen-bond acceptors (Lipinski definition) is 1. The molecule has 1 nitrogen and oxygen atoms in total. The SMILES string of the molecule is CCc1cc(C(O)CC)ccc1Cl. The van der Waals surface area contributed by atoms with Gasteiger partial charge in [-0.15, -0.1) is 0 Å². The molecule has 0 aliphatic heterocycles. The predicted octanol–water partition coefficient (Wildman–Crippen LogP) is 3.35. The van der Waals surface area contributed by atoms with E-state index in [4.69, 9.17) is 11.6 Å². The lowest BCUT2D eigenvalue weighted by atomic mass is 10.0. The van der Waals surface area contributed by atoms with Crippen LogP contribution in [-0.2, 0) is 6.42 Å². The zero-order chi connectivity index (χ0) is 9.84. The maximum Gasteiger partial charge on any atom is 0.0787 e. The van der Waals surface area contributed by atoms with Crippen LogP contribution in [0.1, 0.15) is 37.5 Å². The van der Waals surface area contributed by atoms with Crippen molar-refractivity contribution in [2.45, 2.75) is 32.8 Å². The third-order valence-corrected chi connectivity index (χ3v) is 2.59. The molecule has 0 aliphatic rings. The van der Waals surface area contributed by atoms with E-state index < -0.39 is 0 Å². The van der Waals surface area contributed by atoms with Gasteiger partial charge >= 0.3 is 0 Å². The first-order valence-corrected chi connectivity index (χ1v) is 5.03. The molecule has 0 saturated heterocycles. The molecule has 0 heterocycles. The predicted molar refractivity (Wildman–Crippen MR) is 56.1 cm³/mol.